The minimum Gasteiger partial charge on any atom is -0.444 e. The van der Waals surface area contributed by atoms with Crippen molar-refractivity contribution in [2.45, 2.75) is 45.8 Å². The molecule has 0 aliphatic heterocycles. The molecule has 0 aromatic rings. The van der Waals surface area contributed by atoms with Gasteiger partial charge in [-0.05, 0) is 40.7 Å². The van der Waals surface area contributed by atoms with E-state index in [9.17, 15) is 4.79 Å². The maximum atomic E-state index is 11.7. The fourth-order valence-electron chi connectivity index (χ4n) is 1.40. The van der Waals surface area contributed by atoms with Crippen LogP contribution in [0.15, 0.2) is 0 Å². The van der Waals surface area contributed by atoms with Gasteiger partial charge in [0.2, 0.25) is 0 Å². The topological polar surface area (TPSA) is 50.8 Å². The third-order valence-corrected chi connectivity index (χ3v) is 2.28. The van der Waals surface area contributed by atoms with Gasteiger partial charge in [0.05, 0.1) is 6.61 Å². The molecular weight excluding hydrogens is 232 g/mol. The highest BCUT2D eigenvalue weighted by Gasteiger charge is 2.18. The summed E-state index contributed by atoms with van der Waals surface area (Å²) in [5.74, 6) is 0. The molecule has 108 valence electrons. The number of hydrogen-bond acceptors (Lipinski definition) is 4. The molecule has 0 radical (unpaired) electrons. The largest absolute Gasteiger partial charge is 0.444 e. The van der Waals surface area contributed by atoms with Crippen molar-refractivity contribution >= 4 is 6.09 Å². The van der Waals surface area contributed by atoms with Crippen molar-refractivity contribution in [2.24, 2.45) is 0 Å². The Morgan fingerprint density at radius 3 is 2.50 bits per heavy atom. The van der Waals surface area contributed by atoms with Gasteiger partial charge in [0.15, 0.2) is 0 Å². The van der Waals surface area contributed by atoms with Crippen LogP contribution < -0.4 is 5.32 Å². The molecule has 0 saturated carbocycles. The number of hydrogen-bond donors (Lipinski definition) is 1. The molecule has 0 spiro atoms. The summed E-state index contributed by atoms with van der Waals surface area (Å²) in [4.78, 5) is 13.3. The van der Waals surface area contributed by atoms with E-state index in [4.69, 9.17) is 9.47 Å². The summed E-state index contributed by atoms with van der Waals surface area (Å²) in [6.45, 7) is 9.91. The van der Waals surface area contributed by atoms with Crippen LogP contribution in [0.5, 0.6) is 0 Å². The molecule has 0 aliphatic carbocycles. The average Bonchev–Trinajstić information content (AvgIpc) is 2.22. The molecule has 0 aromatic heterocycles. The molecule has 5 nitrogen and oxygen atoms in total. The van der Waals surface area contributed by atoms with Crippen molar-refractivity contribution in [2.75, 3.05) is 33.9 Å². The third-order valence-electron chi connectivity index (χ3n) is 2.28. The number of amides is 1. The molecule has 0 aromatic carbocycles. The Morgan fingerprint density at radius 1 is 1.39 bits per heavy atom. The number of carbonyl (C=O) groups is 1. The lowest BCUT2D eigenvalue weighted by atomic mass is 10.2. The molecule has 18 heavy (non-hydrogen) atoms. The van der Waals surface area contributed by atoms with E-state index in [2.05, 4.69) is 12.2 Å². The number of nitrogens with zero attached hydrogens (tertiary/aromatic N) is 1. The van der Waals surface area contributed by atoms with Crippen LogP contribution >= 0.6 is 0 Å². The first kappa shape index (κ1) is 17.2. The van der Waals surface area contributed by atoms with Crippen molar-refractivity contribution < 1.29 is 14.3 Å². The molecular formula is C13H28N2O3. The first-order valence-corrected chi connectivity index (χ1v) is 6.42. The quantitative estimate of drug-likeness (QED) is 0.710. The highest BCUT2D eigenvalue weighted by atomic mass is 16.6. The maximum Gasteiger partial charge on any atom is 0.410 e. The number of ether oxygens (including phenoxy) is 2. The Bertz CT molecular complexity index is 239. The Morgan fingerprint density at radius 2 is 2.00 bits per heavy atom. The van der Waals surface area contributed by atoms with Crippen LogP contribution in [0.2, 0.25) is 0 Å². The van der Waals surface area contributed by atoms with E-state index in [0.717, 1.165) is 13.0 Å². The second-order valence-electron chi connectivity index (χ2n) is 5.57. The smallest absolute Gasteiger partial charge is 0.410 e. The van der Waals surface area contributed by atoms with Gasteiger partial charge in [-0.25, -0.2) is 4.79 Å². The van der Waals surface area contributed by atoms with Gasteiger partial charge in [-0.15, -0.1) is 0 Å². The van der Waals surface area contributed by atoms with Gasteiger partial charge in [-0.1, -0.05) is 0 Å². The van der Waals surface area contributed by atoms with Gasteiger partial charge in [-0.3, -0.25) is 0 Å². The lowest BCUT2D eigenvalue weighted by Crippen LogP contribution is -2.37. The van der Waals surface area contributed by atoms with Gasteiger partial charge in [0.1, 0.15) is 5.60 Å². The number of nitrogens with one attached hydrogen (secondary N) is 1. The highest BCUT2D eigenvalue weighted by molar-refractivity contribution is 5.67. The molecule has 5 heteroatoms. The Labute approximate surface area is 111 Å². The number of rotatable bonds is 7. The Kier molecular flexibility index (Phi) is 7.95. The maximum absolute atomic E-state index is 11.7. The van der Waals surface area contributed by atoms with Crippen molar-refractivity contribution in [3.8, 4) is 0 Å². The van der Waals surface area contributed by atoms with Gasteiger partial charge in [0.25, 0.3) is 0 Å². The van der Waals surface area contributed by atoms with E-state index >= 15 is 0 Å². The van der Waals surface area contributed by atoms with Crippen LogP contribution in [0.3, 0.4) is 0 Å². The van der Waals surface area contributed by atoms with Crippen LogP contribution in [-0.4, -0.2) is 56.5 Å². The summed E-state index contributed by atoms with van der Waals surface area (Å²) in [5, 5.41) is 3.32. The lowest BCUT2D eigenvalue weighted by Gasteiger charge is -2.24. The lowest BCUT2D eigenvalue weighted by molar-refractivity contribution is 0.0297. The summed E-state index contributed by atoms with van der Waals surface area (Å²) >= 11 is 0. The first-order chi connectivity index (χ1) is 8.26. The van der Waals surface area contributed by atoms with Gasteiger partial charge >= 0.3 is 6.09 Å². The van der Waals surface area contributed by atoms with Crippen molar-refractivity contribution in [3.05, 3.63) is 0 Å². The van der Waals surface area contributed by atoms with E-state index in [1.54, 1.807) is 19.1 Å². The number of carbonyl (C=O) groups excluding carboxylic acids is 1. The molecule has 0 bridgehead atoms. The van der Waals surface area contributed by atoms with E-state index < -0.39 is 5.60 Å². The summed E-state index contributed by atoms with van der Waals surface area (Å²) in [6, 6.07) is 0.335. The SMILES string of the molecule is COCC(C)NCCCN(C)C(=O)OC(C)(C)C. The van der Waals surface area contributed by atoms with Gasteiger partial charge < -0.3 is 19.7 Å². The first-order valence-electron chi connectivity index (χ1n) is 6.42. The summed E-state index contributed by atoms with van der Waals surface area (Å²) < 4.78 is 10.3. The van der Waals surface area contributed by atoms with Crippen LogP contribution in [0.1, 0.15) is 34.1 Å². The predicted molar refractivity (Wildman–Crippen MR) is 72.8 cm³/mol. The van der Waals surface area contributed by atoms with E-state index in [1.165, 1.54) is 0 Å². The van der Waals surface area contributed by atoms with Crippen LogP contribution in [-0.2, 0) is 9.47 Å². The molecule has 1 atom stereocenters. The van der Waals surface area contributed by atoms with Crippen molar-refractivity contribution in [1.29, 1.82) is 0 Å². The van der Waals surface area contributed by atoms with Crippen LogP contribution in [0.25, 0.3) is 0 Å². The predicted octanol–water partition coefficient (Wildman–Crippen LogP) is 1.87. The van der Waals surface area contributed by atoms with Crippen LogP contribution in [0.4, 0.5) is 4.79 Å². The molecule has 0 fully saturated rings. The zero-order valence-electron chi connectivity index (χ0n) is 12.6. The van der Waals surface area contributed by atoms with Crippen molar-refractivity contribution in [1.82, 2.24) is 10.2 Å². The summed E-state index contributed by atoms with van der Waals surface area (Å²) in [5.41, 5.74) is -0.434. The van der Waals surface area contributed by atoms with Gasteiger partial charge in [0, 0.05) is 26.7 Å². The minimum atomic E-state index is -0.434. The fourth-order valence-corrected chi connectivity index (χ4v) is 1.40. The third kappa shape index (κ3) is 9.24. The van der Waals surface area contributed by atoms with E-state index in [1.807, 2.05) is 20.8 Å². The standard InChI is InChI=1S/C13H28N2O3/c1-11(10-17-6)14-8-7-9-15(5)12(16)18-13(2,3)4/h11,14H,7-10H2,1-6H3. The summed E-state index contributed by atoms with van der Waals surface area (Å²) in [6.07, 6.45) is 0.622. The molecule has 0 heterocycles. The molecule has 0 rings (SSSR count). The van der Waals surface area contributed by atoms with E-state index in [-0.39, 0.29) is 6.09 Å². The Balaban J connectivity index is 3.70. The second-order valence-corrected chi connectivity index (χ2v) is 5.57. The average molecular weight is 260 g/mol. The number of methoxy groups -OCH3 is 1. The van der Waals surface area contributed by atoms with Crippen molar-refractivity contribution in [3.63, 3.8) is 0 Å². The molecule has 1 unspecified atom stereocenters. The molecule has 1 N–H and O–H groups in total. The highest BCUT2D eigenvalue weighted by Crippen LogP contribution is 2.09. The monoisotopic (exact) mass is 260 g/mol. The van der Waals surface area contributed by atoms with Gasteiger partial charge in [-0.2, -0.15) is 0 Å². The molecule has 0 aliphatic rings. The molecule has 1 amide bonds. The normalized spacial score (nSPS) is 13.2. The fraction of sp³-hybridized carbons (Fsp3) is 0.923. The second kappa shape index (κ2) is 8.32. The summed E-state index contributed by atoms with van der Waals surface area (Å²) in [7, 11) is 3.45. The zero-order valence-corrected chi connectivity index (χ0v) is 12.6. The molecule has 0 saturated heterocycles. The van der Waals surface area contributed by atoms with Crippen LogP contribution in [0, 0.1) is 0 Å². The van der Waals surface area contributed by atoms with E-state index in [0.29, 0.717) is 19.2 Å². The zero-order chi connectivity index (χ0) is 14.2. The minimum absolute atomic E-state index is 0.271. The Hall–Kier alpha value is -0.810.